The van der Waals surface area contributed by atoms with Gasteiger partial charge in [-0.2, -0.15) is 0 Å². The molecule has 0 amide bonds. The lowest BCUT2D eigenvalue weighted by molar-refractivity contribution is 0.598. The van der Waals surface area contributed by atoms with Crippen LogP contribution in [0.4, 0.5) is 0 Å². The van der Waals surface area contributed by atoms with Gasteiger partial charge in [-0.25, -0.2) is 0 Å². The van der Waals surface area contributed by atoms with Crippen LogP contribution in [0.15, 0.2) is 22.8 Å². The van der Waals surface area contributed by atoms with E-state index in [4.69, 9.17) is 0 Å². The highest BCUT2D eigenvalue weighted by Gasteiger charge is 2.21. The Balaban J connectivity index is 2.11. The highest BCUT2D eigenvalue weighted by molar-refractivity contribution is 9.10. The third kappa shape index (κ3) is 1.55. The van der Waals surface area contributed by atoms with E-state index >= 15 is 0 Å². The molecule has 2 aromatic rings. The molecule has 2 aromatic heterocycles. The van der Waals surface area contributed by atoms with Gasteiger partial charge in [0.05, 0.1) is 6.04 Å². The number of pyridine rings is 1. The van der Waals surface area contributed by atoms with Crippen molar-refractivity contribution in [2.24, 2.45) is 0 Å². The Morgan fingerprint density at radius 2 is 2.40 bits per heavy atom. The van der Waals surface area contributed by atoms with Gasteiger partial charge in [0, 0.05) is 10.7 Å². The average molecular weight is 267 g/mol. The number of aromatic nitrogens is 3. The Hall–Kier alpha value is -0.940. The molecular formula is C10H11BrN4. The molecule has 15 heavy (non-hydrogen) atoms. The van der Waals surface area contributed by atoms with Crippen molar-refractivity contribution in [3.63, 3.8) is 0 Å². The second-order valence-corrected chi connectivity index (χ2v) is 4.70. The van der Waals surface area contributed by atoms with Gasteiger partial charge in [0.1, 0.15) is 0 Å². The number of nitrogens with one attached hydrogen (secondary N) is 1. The monoisotopic (exact) mass is 266 g/mol. The molecule has 3 rings (SSSR count). The summed E-state index contributed by atoms with van der Waals surface area (Å²) >= 11 is 3.43. The van der Waals surface area contributed by atoms with E-state index in [9.17, 15) is 0 Å². The lowest BCUT2D eigenvalue weighted by atomic mass is 10.2. The zero-order chi connectivity index (χ0) is 10.3. The van der Waals surface area contributed by atoms with Crippen molar-refractivity contribution in [1.29, 1.82) is 0 Å². The largest absolute Gasteiger partial charge is 0.307 e. The van der Waals surface area contributed by atoms with Crippen LogP contribution >= 0.6 is 15.9 Å². The number of hydrogen-bond acceptors (Lipinski definition) is 3. The molecule has 0 aromatic carbocycles. The number of halogens is 1. The highest BCUT2D eigenvalue weighted by Crippen LogP contribution is 2.22. The van der Waals surface area contributed by atoms with Gasteiger partial charge in [-0.05, 0) is 31.5 Å². The molecule has 0 aliphatic carbocycles. The Bertz CT molecular complexity index is 487. The minimum absolute atomic E-state index is 0.362. The van der Waals surface area contributed by atoms with Gasteiger partial charge in [0.25, 0.3) is 0 Å². The van der Waals surface area contributed by atoms with E-state index in [0.29, 0.717) is 6.04 Å². The smallest absolute Gasteiger partial charge is 0.161 e. The molecule has 1 saturated heterocycles. The van der Waals surface area contributed by atoms with Crippen LogP contribution in [0.3, 0.4) is 0 Å². The first kappa shape index (κ1) is 9.30. The van der Waals surface area contributed by atoms with Crippen molar-refractivity contribution in [3.8, 4) is 0 Å². The fourth-order valence-corrected chi connectivity index (χ4v) is 2.35. The first-order valence-corrected chi connectivity index (χ1v) is 5.87. The van der Waals surface area contributed by atoms with E-state index in [1.165, 1.54) is 6.42 Å². The van der Waals surface area contributed by atoms with Gasteiger partial charge in [-0.3, -0.25) is 4.40 Å². The van der Waals surface area contributed by atoms with Gasteiger partial charge in [-0.15, -0.1) is 10.2 Å². The summed E-state index contributed by atoms with van der Waals surface area (Å²) in [6, 6.07) is 4.35. The highest BCUT2D eigenvalue weighted by atomic mass is 79.9. The van der Waals surface area contributed by atoms with E-state index in [2.05, 4.69) is 31.4 Å². The summed E-state index contributed by atoms with van der Waals surface area (Å²) in [6.07, 6.45) is 4.38. The quantitative estimate of drug-likeness (QED) is 0.858. The Morgan fingerprint density at radius 3 is 3.20 bits per heavy atom. The van der Waals surface area contributed by atoms with Crippen LogP contribution in [0.25, 0.3) is 5.65 Å². The van der Waals surface area contributed by atoms with Crippen LogP contribution in [0.1, 0.15) is 24.7 Å². The summed E-state index contributed by atoms with van der Waals surface area (Å²) in [5.74, 6) is 1.02. The van der Waals surface area contributed by atoms with Crippen molar-refractivity contribution in [3.05, 3.63) is 28.6 Å². The topological polar surface area (TPSA) is 42.2 Å². The average Bonchev–Trinajstić information content (AvgIpc) is 2.82. The minimum atomic E-state index is 0.362. The van der Waals surface area contributed by atoms with Crippen molar-refractivity contribution in [2.75, 3.05) is 6.54 Å². The zero-order valence-electron chi connectivity index (χ0n) is 8.15. The third-order valence-corrected chi connectivity index (χ3v) is 3.26. The summed E-state index contributed by atoms with van der Waals surface area (Å²) in [5, 5.41) is 11.8. The molecule has 1 N–H and O–H groups in total. The second-order valence-electron chi connectivity index (χ2n) is 3.78. The first-order valence-electron chi connectivity index (χ1n) is 5.08. The van der Waals surface area contributed by atoms with Gasteiger partial charge >= 0.3 is 0 Å². The van der Waals surface area contributed by atoms with E-state index in [1.54, 1.807) is 0 Å². The van der Waals surface area contributed by atoms with Crippen LogP contribution in [-0.4, -0.2) is 21.1 Å². The molecule has 78 valence electrons. The maximum atomic E-state index is 4.25. The van der Waals surface area contributed by atoms with Crippen LogP contribution < -0.4 is 5.32 Å². The minimum Gasteiger partial charge on any atom is -0.307 e. The van der Waals surface area contributed by atoms with Crippen LogP contribution in [0.2, 0.25) is 0 Å². The van der Waals surface area contributed by atoms with Crippen LogP contribution in [0, 0.1) is 0 Å². The van der Waals surface area contributed by atoms with E-state index in [0.717, 1.165) is 28.9 Å². The lowest BCUT2D eigenvalue weighted by Crippen LogP contribution is -2.15. The van der Waals surface area contributed by atoms with Gasteiger partial charge in [0.2, 0.25) is 0 Å². The SMILES string of the molecule is Brc1ccn2c(C3CCCN3)nnc2c1. The Kier molecular flexibility index (Phi) is 2.21. The molecule has 0 spiro atoms. The number of hydrogen-bond donors (Lipinski definition) is 1. The number of fused-ring (bicyclic) bond motifs is 1. The summed E-state index contributed by atoms with van der Waals surface area (Å²) < 4.78 is 3.08. The van der Waals surface area contributed by atoms with E-state index in [1.807, 2.05) is 22.7 Å². The molecule has 0 saturated carbocycles. The molecule has 3 heterocycles. The normalized spacial score (nSPS) is 21.3. The number of rotatable bonds is 1. The lowest BCUT2D eigenvalue weighted by Gasteiger charge is -2.07. The van der Waals surface area contributed by atoms with Gasteiger partial charge in [0.15, 0.2) is 11.5 Å². The first-order chi connectivity index (χ1) is 7.34. The molecular weight excluding hydrogens is 256 g/mol. The fourth-order valence-electron chi connectivity index (χ4n) is 2.03. The van der Waals surface area contributed by atoms with E-state index in [-0.39, 0.29) is 0 Å². The van der Waals surface area contributed by atoms with E-state index < -0.39 is 0 Å². The summed E-state index contributed by atoms with van der Waals surface area (Å²) in [5.41, 5.74) is 0.896. The molecule has 1 aliphatic heterocycles. The summed E-state index contributed by atoms with van der Waals surface area (Å²) in [6.45, 7) is 1.08. The van der Waals surface area contributed by atoms with Gasteiger partial charge < -0.3 is 5.32 Å². The maximum absolute atomic E-state index is 4.25. The van der Waals surface area contributed by atoms with Crippen molar-refractivity contribution in [1.82, 2.24) is 19.9 Å². The van der Waals surface area contributed by atoms with Crippen molar-refractivity contribution in [2.45, 2.75) is 18.9 Å². The van der Waals surface area contributed by atoms with Crippen molar-refractivity contribution >= 4 is 21.6 Å². The van der Waals surface area contributed by atoms with Gasteiger partial charge in [-0.1, -0.05) is 15.9 Å². The zero-order valence-corrected chi connectivity index (χ0v) is 9.74. The Morgan fingerprint density at radius 1 is 1.47 bits per heavy atom. The van der Waals surface area contributed by atoms with Crippen LogP contribution in [0.5, 0.6) is 0 Å². The maximum Gasteiger partial charge on any atom is 0.161 e. The molecule has 0 radical (unpaired) electrons. The summed E-state index contributed by atoms with van der Waals surface area (Å²) in [4.78, 5) is 0. The van der Waals surface area contributed by atoms with Crippen LogP contribution in [-0.2, 0) is 0 Å². The molecule has 1 atom stereocenters. The molecule has 1 fully saturated rings. The second kappa shape index (κ2) is 3.57. The Labute approximate surface area is 95.8 Å². The number of nitrogens with zero attached hydrogens (tertiary/aromatic N) is 3. The molecule has 5 heteroatoms. The molecule has 0 bridgehead atoms. The molecule has 1 aliphatic rings. The molecule has 4 nitrogen and oxygen atoms in total. The predicted molar refractivity (Wildman–Crippen MR) is 60.7 cm³/mol. The fraction of sp³-hybridized carbons (Fsp3) is 0.400. The molecule has 1 unspecified atom stereocenters. The predicted octanol–water partition coefficient (Wildman–Crippen LogP) is 1.92. The standard InChI is InChI=1S/C10H11BrN4/c11-7-3-5-15-9(6-7)13-14-10(15)8-2-1-4-12-8/h3,5-6,8,12H,1-2,4H2. The summed E-state index contributed by atoms with van der Waals surface area (Å²) in [7, 11) is 0. The third-order valence-electron chi connectivity index (χ3n) is 2.77. The van der Waals surface area contributed by atoms with Crippen molar-refractivity contribution < 1.29 is 0 Å².